The van der Waals surface area contributed by atoms with E-state index in [0.29, 0.717) is 38.5 Å². The monoisotopic (exact) mass is 552 g/mol. The second-order valence-corrected chi connectivity index (χ2v) is 13.3. The van der Waals surface area contributed by atoms with Gasteiger partial charge in [-0.1, -0.05) is 20.8 Å². The molecule has 0 heterocycles. The highest BCUT2D eigenvalue weighted by molar-refractivity contribution is 5.69. The summed E-state index contributed by atoms with van der Waals surface area (Å²) in [5, 5.41) is 19.1. The van der Waals surface area contributed by atoms with E-state index in [4.69, 9.17) is 14.2 Å². The van der Waals surface area contributed by atoms with E-state index in [9.17, 15) is 24.9 Å². The minimum Gasteiger partial charge on any atom is -0.469 e. The Morgan fingerprint density at radius 3 is 2.30 bits per heavy atom. The molecule has 0 bridgehead atoms. The zero-order valence-electron chi connectivity index (χ0n) is 24.8. The predicted octanol–water partition coefficient (Wildman–Crippen LogP) is 5.66. The van der Waals surface area contributed by atoms with E-state index in [1.54, 1.807) is 0 Å². The lowest BCUT2D eigenvalue weighted by molar-refractivity contribution is -0.218. The number of hydrogen-bond donors (Lipinski definition) is 0. The minimum atomic E-state index is -0.307. The third kappa shape index (κ3) is 5.15. The average Bonchev–Trinajstić information content (AvgIpc) is 3.26. The first-order valence-corrected chi connectivity index (χ1v) is 14.8. The standard InChI is InChI=1S/C32H44N2O6/c1-18(7-10-29(37)38-6)24-8-9-25-30-26(15-28(32(24,25)5)40-20(3)36)31(4)12-11-21(22(16-33)17-34)13-23(31)14-27(30)39-19(2)35/h18,23-28,30H,7-15H2,1-6H3/t18-,23+,24-,25+,26+,27-,28+,30+,31+,32-/m1/s1. The van der Waals surface area contributed by atoms with Crippen LogP contribution >= 0.6 is 0 Å². The largest absolute Gasteiger partial charge is 0.469 e. The molecule has 4 rings (SSSR count). The molecule has 0 unspecified atom stereocenters. The van der Waals surface area contributed by atoms with Crippen molar-refractivity contribution in [2.24, 2.45) is 46.3 Å². The molecule has 0 aliphatic heterocycles. The van der Waals surface area contributed by atoms with Crippen molar-refractivity contribution in [3.05, 3.63) is 11.1 Å². The van der Waals surface area contributed by atoms with Gasteiger partial charge in [-0.25, -0.2) is 0 Å². The smallest absolute Gasteiger partial charge is 0.305 e. The average molecular weight is 553 g/mol. The van der Waals surface area contributed by atoms with Crippen molar-refractivity contribution < 1.29 is 28.6 Å². The highest BCUT2D eigenvalue weighted by Crippen LogP contribution is 2.69. The number of fused-ring (bicyclic) bond motifs is 5. The topological polar surface area (TPSA) is 126 Å². The van der Waals surface area contributed by atoms with E-state index < -0.39 is 0 Å². The number of esters is 3. The number of nitriles is 2. The van der Waals surface area contributed by atoms with Gasteiger partial charge in [-0.2, -0.15) is 10.5 Å². The van der Waals surface area contributed by atoms with Gasteiger partial charge in [-0.05, 0) is 91.9 Å². The Morgan fingerprint density at radius 1 is 1.02 bits per heavy atom. The maximum Gasteiger partial charge on any atom is 0.305 e. The maximum absolute atomic E-state index is 12.5. The summed E-state index contributed by atoms with van der Waals surface area (Å²) in [6.45, 7) is 9.73. The zero-order valence-corrected chi connectivity index (χ0v) is 24.8. The molecule has 0 amide bonds. The van der Waals surface area contributed by atoms with Crippen LogP contribution in [0.2, 0.25) is 0 Å². The number of allylic oxidation sites excluding steroid dienone is 2. The van der Waals surface area contributed by atoms with E-state index in [-0.39, 0.29) is 82.0 Å². The second-order valence-electron chi connectivity index (χ2n) is 13.3. The summed E-state index contributed by atoms with van der Waals surface area (Å²) in [6.07, 6.45) is 6.08. The second kappa shape index (κ2) is 11.6. The van der Waals surface area contributed by atoms with Gasteiger partial charge in [0.1, 0.15) is 29.9 Å². The summed E-state index contributed by atoms with van der Waals surface area (Å²) in [5.41, 5.74) is 0.722. The van der Waals surface area contributed by atoms with E-state index in [1.165, 1.54) is 21.0 Å². The molecule has 10 atom stereocenters. The first kappa shape index (κ1) is 30.1. The maximum atomic E-state index is 12.5. The predicted molar refractivity (Wildman–Crippen MR) is 146 cm³/mol. The lowest BCUT2D eigenvalue weighted by Gasteiger charge is -2.64. The molecule has 0 radical (unpaired) electrons. The Balaban J connectivity index is 1.74. The SMILES string of the molecule is COC(=O)CC[C@@H](C)[C@H]1CC[C@H]2[C@@H]3[C@H](OC(C)=O)C[C@@H]4CC(=C(C#N)C#N)CC[C@]4(C)[C@H]3C[C@H](OC(C)=O)[C@]12C. The van der Waals surface area contributed by atoms with Crippen LogP contribution in [0.25, 0.3) is 0 Å². The fraction of sp³-hybridized carbons (Fsp3) is 0.781. The van der Waals surface area contributed by atoms with Gasteiger partial charge in [0.15, 0.2) is 0 Å². The van der Waals surface area contributed by atoms with Crippen molar-refractivity contribution in [1.29, 1.82) is 10.5 Å². The van der Waals surface area contributed by atoms with Crippen LogP contribution in [-0.4, -0.2) is 37.2 Å². The highest BCUT2D eigenvalue weighted by atomic mass is 16.5. The number of carbonyl (C=O) groups excluding carboxylic acids is 3. The Labute approximate surface area is 238 Å². The summed E-state index contributed by atoms with van der Waals surface area (Å²) < 4.78 is 17.2. The van der Waals surface area contributed by atoms with Crippen LogP contribution < -0.4 is 0 Å². The van der Waals surface area contributed by atoms with Gasteiger partial charge in [-0.3, -0.25) is 14.4 Å². The van der Waals surface area contributed by atoms with Gasteiger partial charge >= 0.3 is 17.9 Å². The van der Waals surface area contributed by atoms with Crippen LogP contribution in [0, 0.1) is 69.0 Å². The first-order chi connectivity index (χ1) is 18.9. The molecule has 0 aromatic rings. The minimum absolute atomic E-state index is 0.0881. The van der Waals surface area contributed by atoms with Crippen LogP contribution in [0.4, 0.5) is 0 Å². The normalized spacial score (nSPS) is 38.8. The molecule has 8 heteroatoms. The third-order valence-electron chi connectivity index (χ3n) is 11.6. The fourth-order valence-electron chi connectivity index (χ4n) is 9.70. The van der Waals surface area contributed by atoms with Crippen LogP contribution in [0.15, 0.2) is 11.1 Å². The molecule has 4 aliphatic rings. The summed E-state index contributed by atoms with van der Waals surface area (Å²) in [4.78, 5) is 36.8. The lowest BCUT2D eigenvalue weighted by Crippen LogP contribution is -2.63. The van der Waals surface area contributed by atoms with Crippen molar-refractivity contribution in [1.82, 2.24) is 0 Å². The Bertz CT molecular complexity index is 1130. The van der Waals surface area contributed by atoms with Crippen molar-refractivity contribution >= 4 is 17.9 Å². The van der Waals surface area contributed by atoms with Gasteiger partial charge in [0.25, 0.3) is 0 Å². The van der Waals surface area contributed by atoms with Gasteiger partial charge in [0.05, 0.1) is 7.11 Å². The third-order valence-corrected chi connectivity index (χ3v) is 11.6. The molecule has 4 fully saturated rings. The number of rotatable bonds is 6. The van der Waals surface area contributed by atoms with Crippen LogP contribution in [0.1, 0.15) is 92.4 Å². The summed E-state index contributed by atoms with van der Waals surface area (Å²) in [7, 11) is 1.41. The molecular weight excluding hydrogens is 508 g/mol. The zero-order chi connectivity index (χ0) is 29.4. The van der Waals surface area contributed by atoms with Crippen LogP contribution in [0.3, 0.4) is 0 Å². The van der Waals surface area contributed by atoms with Crippen molar-refractivity contribution in [2.45, 2.75) is 105 Å². The molecule has 4 aliphatic carbocycles. The van der Waals surface area contributed by atoms with E-state index >= 15 is 0 Å². The summed E-state index contributed by atoms with van der Waals surface area (Å²) in [5.74, 6) is 0.380. The number of methoxy groups -OCH3 is 1. The number of ether oxygens (including phenoxy) is 3. The lowest BCUT2D eigenvalue weighted by atomic mass is 9.42. The molecule has 0 saturated heterocycles. The molecule has 0 aromatic heterocycles. The Morgan fingerprint density at radius 2 is 1.70 bits per heavy atom. The van der Waals surface area contributed by atoms with Gasteiger partial charge in [-0.15, -0.1) is 0 Å². The van der Waals surface area contributed by atoms with Crippen molar-refractivity contribution in [2.75, 3.05) is 7.11 Å². The van der Waals surface area contributed by atoms with Crippen LogP contribution in [0.5, 0.6) is 0 Å². The number of hydrogen-bond acceptors (Lipinski definition) is 8. The van der Waals surface area contributed by atoms with Crippen molar-refractivity contribution in [3.63, 3.8) is 0 Å². The van der Waals surface area contributed by atoms with Crippen LogP contribution in [-0.2, 0) is 28.6 Å². The van der Waals surface area contributed by atoms with E-state index in [2.05, 4.69) is 32.9 Å². The molecule has 0 aromatic carbocycles. The molecule has 0 N–H and O–H groups in total. The van der Waals surface area contributed by atoms with Gasteiger partial charge in [0.2, 0.25) is 0 Å². The molecule has 8 nitrogen and oxygen atoms in total. The summed E-state index contributed by atoms with van der Waals surface area (Å²) >= 11 is 0. The van der Waals surface area contributed by atoms with E-state index in [1.807, 2.05) is 0 Å². The molecule has 40 heavy (non-hydrogen) atoms. The molecule has 0 spiro atoms. The van der Waals surface area contributed by atoms with Gasteiger partial charge in [0, 0.05) is 31.6 Å². The number of carbonyl (C=O) groups is 3. The molecular formula is C32H44N2O6. The molecule has 218 valence electrons. The molecule has 4 saturated carbocycles. The fourth-order valence-corrected chi connectivity index (χ4v) is 9.70. The van der Waals surface area contributed by atoms with E-state index in [0.717, 1.165) is 24.8 Å². The Kier molecular flexibility index (Phi) is 8.69. The highest BCUT2D eigenvalue weighted by Gasteiger charge is 2.67. The Hall–Kier alpha value is -2.87. The quantitative estimate of drug-likeness (QED) is 0.235. The number of nitrogens with zero attached hydrogens (tertiary/aromatic N) is 2. The van der Waals surface area contributed by atoms with Crippen molar-refractivity contribution in [3.8, 4) is 12.1 Å². The van der Waals surface area contributed by atoms with Gasteiger partial charge < -0.3 is 14.2 Å². The summed E-state index contributed by atoms with van der Waals surface area (Å²) in [6, 6.07) is 4.15. The first-order valence-electron chi connectivity index (χ1n) is 14.8.